The van der Waals surface area contributed by atoms with Crippen LogP contribution in [0.25, 0.3) is 5.69 Å². The van der Waals surface area contributed by atoms with E-state index in [1.165, 1.54) is 0 Å². The van der Waals surface area contributed by atoms with Gasteiger partial charge in [-0.1, -0.05) is 17.7 Å². The Labute approximate surface area is 173 Å². The molecule has 0 bridgehead atoms. The molecule has 3 heterocycles. The van der Waals surface area contributed by atoms with Crippen LogP contribution in [0, 0.1) is 5.92 Å². The summed E-state index contributed by atoms with van der Waals surface area (Å²) in [5.74, 6) is 0.295. The number of carbonyl (C=O) groups excluding carboxylic acids is 2. The van der Waals surface area contributed by atoms with E-state index in [4.69, 9.17) is 11.6 Å². The second-order valence-corrected chi connectivity index (χ2v) is 7.36. The fourth-order valence-corrected chi connectivity index (χ4v) is 3.49. The number of likely N-dealkylation sites (tertiary alicyclic amines) is 1. The molecule has 0 saturated carbocycles. The molecule has 7 nitrogen and oxygen atoms in total. The first-order chi connectivity index (χ1) is 14.1. The third kappa shape index (κ3) is 4.46. The van der Waals surface area contributed by atoms with E-state index in [0.29, 0.717) is 42.3 Å². The Morgan fingerprint density at radius 1 is 1.07 bits per heavy atom. The normalized spacial score (nSPS) is 14.6. The Kier molecular flexibility index (Phi) is 5.57. The first kappa shape index (κ1) is 19.1. The summed E-state index contributed by atoms with van der Waals surface area (Å²) in [6, 6.07) is 12.6. The molecule has 2 aromatic heterocycles. The van der Waals surface area contributed by atoms with Crippen molar-refractivity contribution in [3.8, 4) is 5.69 Å². The van der Waals surface area contributed by atoms with Gasteiger partial charge in [0.25, 0.3) is 5.91 Å². The van der Waals surface area contributed by atoms with Gasteiger partial charge in [0.1, 0.15) is 5.82 Å². The number of hydrogen-bond donors (Lipinski definition) is 1. The molecule has 0 unspecified atom stereocenters. The van der Waals surface area contributed by atoms with E-state index in [1.807, 2.05) is 18.2 Å². The van der Waals surface area contributed by atoms with Gasteiger partial charge in [-0.25, -0.2) is 9.67 Å². The highest BCUT2D eigenvalue weighted by atomic mass is 35.5. The van der Waals surface area contributed by atoms with Crippen LogP contribution in [0.5, 0.6) is 0 Å². The van der Waals surface area contributed by atoms with Gasteiger partial charge in [0.05, 0.1) is 17.4 Å². The van der Waals surface area contributed by atoms with Crippen molar-refractivity contribution in [3.05, 3.63) is 71.6 Å². The highest BCUT2D eigenvalue weighted by Gasteiger charge is 2.28. The van der Waals surface area contributed by atoms with E-state index in [1.54, 1.807) is 52.4 Å². The molecule has 1 aromatic carbocycles. The van der Waals surface area contributed by atoms with Crippen LogP contribution in [0.3, 0.4) is 0 Å². The van der Waals surface area contributed by atoms with Gasteiger partial charge in [0, 0.05) is 36.4 Å². The first-order valence-electron chi connectivity index (χ1n) is 9.42. The summed E-state index contributed by atoms with van der Waals surface area (Å²) in [6.07, 6.45) is 6.16. The lowest BCUT2D eigenvalue weighted by molar-refractivity contribution is -0.121. The molecule has 0 aliphatic carbocycles. The molecule has 0 spiro atoms. The molecule has 0 atom stereocenters. The predicted molar refractivity (Wildman–Crippen MR) is 110 cm³/mol. The third-order valence-electron chi connectivity index (χ3n) is 4.99. The molecule has 1 N–H and O–H groups in total. The zero-order valence-electron chi connectivity index (χ0n) is 15.7. The maximum Gasteiger partial charge on any atom is 0.257 e. The maximum absolute atomic E-state index is 12.8. The fourth-order valence-electron chi connectivity index (χ4n) is 3.36. The monoisotopic (exact) mass is 409 g/mol. The molecule has 1 aliphatic heterocycles. The number of hydrogen-bond acceptors (Lipinski definition) is 4. The molecule has 8 heteroatoms. The van der Waals surface area contributed by atoms with Gasteiger partial charge in [-0.2, -0.15) is 5.10 Å². The fraction of sp³-hybridized carbons (Fsp3) is 0.238. The van der Waals surface area contributed by atoms with Crippen LogP contribution in [-0.4, -0.2) is 44.6 Å². The topological polar surface area (TPSA) is 80.1 Å². The van der Waals surface area contributed by atoms with Crippen molar-refractivity contribution < 1.29 is 9.59 Å². The zero-order valence-corrected chi connectivity index (χ0v) is 16.4. The SMILES string of the molecule is O=C(Nc1ccccn1)C1CCN(C(=O)c2cnn(-c3ccc(Cl)cc3)c2)CC1. The number of rotatable bonds is 4. The van der Waals surface area contributed by atoms with Gasteiger partial charge in [0.2, 0.25) is 5.91 Å². The van der Waals surface area contributed by atoms with E-state index < -0.39 is 0 Å². The Bertz CT molecular complexity index is 995. The summed E-state index contributed by atoms with van der Waals surface area (Å²) in [5.41, 5.74) is 1.36. The summed E-state index contributed by atoms with van der Waals surface area (Å²) in [6.45, 7) is 1.07. The number of nitrogens with zero attached hydrogens (tertiary/aromatic N) is 4. The van der Waals surface area contributed by atoms with Gasteiger partial charge < -0.3 is 10.2 Å². The van der Waals surface area contributed by atoms with Crippen molar-refractivity contribution >= 4 is 29.2 Å². The number of anilines is 1. The molecule has 0 radical (unpaired) electrons. The van der Waals surface area contributed by atoms with Gasteiger partial charge in [-0.3, -0.25) is 9.59 Å². The lowest BCUT2D eigenvalue weighted by Crippen LogP contribution is -2.41. The molecule has 4 rings (SSSR count). The van der Waals surface area contributed by atoms with Crippen LogP contribution in [0.1, 0.15) is 23.2 Å². The average Bonchev–Trinajstić information content (AvgIpc) is 3.25. The van der Waals surface area contributed by atoms with Crippen LogP contribution >= 0.6 is 11.6 Å². The van der Waals surface area contributed by atoms with E-state index in [2.05, 4.69) is 15.4 Å². The van der Waals surface area contributed by atoms with Crippen LogP contribution < -0.4 is 5.32 Å². The second kappa shape index (κ2) is 8.45. The van der Waals surface area contributed by atoms with Crippen LogP contribution in [-0.2, 0) is 4.79 Å². The summed E-state index contributed by atoms with van der Waals surface area (Å²) >= 11 is 5.91. The Morgan fingerprint density at radius 3 is 2.52 bits per heavy atom. The van der Waals surface area contributed by atoms with Crippen molar-refractivity contribution in [2.75, 3.05) is 18.4 Å². The van der Waals surface area contributed by atoms with Gasteiger partial charge in [-0.15, -0.1) is 0 Å². The highest BCUT2D eigenvalue weighted by Crippen LogP contribution is 2.21. The van der Waals surface area contributed by atoms with Crippen molar-refractivity contribution in [1.29, 1.82) is 0 Å². The number of piperidine rings is 1. The summed E-state index contributed by atoms with van der Waals surface area (Å²) < 4.78 is 1.65. The van der Waals surface area contributed by atoms with E-state index in [9.17, 15) is 9.59 Å². The van der Waals surface area contributed by atoms with Gasteiger partial charge in [0.15, 0.2) is 0 Å². The number of carbonyl (C=O) groups is 2. The Balaban J connectivity index is 1.34. The van der Waals surface area contributed by atoms with Crippen molar-refractivity contribution in [3.63, 3.8) is 0 Å². The van der Waals surface area contributed by atoms with E-state index in [0.717, 1.165) is 5.69 Å². The van der Waals surface area contributed by atoms with Crippen molar-refractivity contribution in [2.45, 2.75) is 12.8 Å². The van der Waals surface area contributed by atoms with Crippen LogP contribution in [0.4, 0.5) is 5.82 Å². The number of nitrogens with one attached hydrogen (secondary N) is 1. The summed E-state index contributed by atoms with van der Waals surface area (Å²) in [7, 11) is 0. The number of halogens is 1. The minimum atomic E-state index is -0.127. The minimum Gasteiger partial charge on any atom is -0.339 e. The smallest absolute Gasteiger partial charge is 0.257 e. The molecule has 148 valence electrons. The third-order valence-corrected chi connectivity index (χ3v) is 5.24. The standard InChI is InChI=1S/C21H20ClN5O2/c22-17-4-6-18(7-5-17)27-14-16(13-24-27)21(29)26-11-8-15(9-12-26)20(28)25-19-3-1-2-10-23-19/h1-7,10,13-15H,8-9,11-12H2,(H,23,25,28). The molecule has 3 aromatic rings. The predicted octanol–water partition coefficient (Wildman–Crippen LogP) is 3.41. The molecule has 1 saturated heterocycles. The molecular weight excluding hydrogens is 390 g/mol. The van der Waals surface area contributed by atoms with Crippen LogP contribution in [0.15, 0.2) is 61.1 Å². The van der Waals surface area contributed by atoms with Gasteiger partial charge in [-0.05, 0) is 49.2 Å². The average molecular weight is 410 g/mol. The number of aromatic nitrogens is 3. The largest absolute Gasteiger partial charge is 0.339 e. The van der Waals surface area contributed by atoms with Crippen molar-refractivity contribution in [2.24, 2.45) is 5.92 Å². The summed E-state index contributed by atoms with van der Waals surface area (Å²) in [4.78, 5) is 31.1. The lowest BCUT2D eigenvalue weighted by Gasteiger charge is -2.31. The highest BCUT2D eigenvalue weighted by molar-refractivity contribution is 6.30. The Hall–Kier alpha value is -3.19. The zero-order chi connectivity index (χ0) is 20.2. The number of pyridine rings is 1. The first-order valence-corrected chi connectivity index (χ1v) is 9.80. The molecule has 1 aliphatic rings. The molecule has 2 amide bonds. The van der Waals surface area contributed by atoms with Gasteiger partial charge >= 0.3 is 0 Å². The Morgan fingerprint density at radius 2 is 1.83 bits per heavy atom. The van der Waals surface area contributed by atoms with E-state index >= 15 is 0 Å². The molecular formula is C21H20ClN5O2. The second-order valence-electron chi connectivity index (χ2n) is 6.92. The quantitative estimate of drug-likeness (QED) is 0.716. The molecule has 1 fully saturated rings. The molecule has 29 heavy (non-hydrogen) atoms. The van der Waals surface area contributed by atoms with Crippen LogP contribution in [0.2, 0.25) is 5.02 Å². The lowest BCUT2D eigenvalue weighted by atomic mass is 9.95. The summed E-state index contributed by atoms with van der Waals surface area (Å²) in [5, 5.41) is 7.76. The number of benzene rings is 1. The maximum atomic E-state index is 12.8. The number of amides is 2. The minimum absolute atomic E-state index is 0.0497. The van der Waals surface area contributed by atoms with E-state index in [-0.39, 0.29) is 17.7 Å². The van der Waals surface area contributed by atoms with Crippen molar-refractivity contribution in [1.82, 2.24) is 19.7 Å².